The Morgan fingerprint density at radius 2 is 2.06 bits per heavy atom. The second-order valence-corrected chi connectivity index (χ2v) is 6.20. The number of fused-ring (bicyclic) bond motifs is 1. The van der Waals surface area contributed by atoms with Crippen LogP contribution in [0.5, 0.6) is 0 Å². The zero-order valence-electron chi connectivity index (χ0n) is 10.3. The van der Waals surface area contributed by atoms with E-state index in [9.17, 15) is 0 Å². The lowest BCUT2D eigenvalue weighted by atomic mass is 9.88. The number of piperidine rings is 1. The van der Waals surface area contributed by atoms with Crippen LogP contribution in [-0.4, -0.2) is 31.1 Å². The van der Waals surface area contributed by atoms with E-state index in [0.29, 0.717) is 10.0 Å². The van der Waals surface area contributed by atoms with Crippen LogP contribution in [-0.2, 0) is 6.54 Å². The summed E-state index contributed by atoms with van der Waals surface area (Å²) in [4.78, 5) is 2.51. The molecule has 3 rings (SSSR count). The molecule has 2 aliphatic rings. The largest absolute Gasteiger partial charge is 0.316 e. The second-order valence-electron chi connectivity index (χ2n) is 5.42. The molecular weight excluding hydrogens is 267 g/mol. The molecule has 1 N–H and O–H groups in total. The zero-order chi connectivity index (χ0) is 12.5. The first-order valence-electron chi connectivity index (χ1n) is 6.60. The van der Waals surface area contributed by atoms with Gasteiger partial charge in [-0.1, -0.05) is 35.3 Å². The molecule has 0 spiro atoms. The summed E-state index contributed by atoms with van der Waals surface area (Å²) < 4.78 is 0. The first kappa shape index (κ1) is 12.7. The van der Waals surface area contributed by atoms with Crippen molar-refractivity contribution in [1.29, 1.82) is 0 Å². The van der Waals surface area contributed by atoms with Crippen LogP contribution in [0, 0.1) is 11.8 Å². The molecule has 2 fully saturated rings. The summed E-state index contributed by atoms with van der Waals surface area (Å²) in [5.74, 6) is 1.70. The van der Waals surface area contributed by atoms with Gasteiger partial charge in [0.25, 0.3) is 0 Å². The Morgan fingerprint density at radius 3 is 2.94 bits per heavy atom. The summed E-state index contributed by atoms with van der Waals surface area (Å²) in [5.41, 5.74) is 1.15. The molecule has 2 nitrogen and oxygen atoms in total. The second kappa shape index (κ2) is 5.38. The van der Waals surface area contributed by atoms with Crippen LogP contribution in [0.1, 0.15) is 12.0 Å². The Morgan fingerprint density at radius 1 is 1.22 bits per heavy atom. The molecule has 0 saturated carbocycles. The Bertz CT molecular complexity index is 436. The number of nitrogens with one attached hydrogen (secondary N) is 1. The van der Waals surface area contributed by atoms with Crippen molar-refractivity contribution in [3.8, 4) is 0 Å². The van der Waals surface area contributed by atoms with E-state index >= 15 is 0 Å². The van der Waals surface area contributed by atoms with E-state index in [0.717, 1.165) is 23.9 Å². The van der Waals surface area contributed by atoms with Gasteiger partial charge in [-0.05, 0) is 49.5 Å². The molecule has 0 aromatic heterocycles. The molecule has 18 heavy (non-hydrogen) atoms. The van der Waals surface area contributed by atoms with Crippen molar-refractivity contribution in [3.05, 3.63) is 33.8 Å². The molecule has 2 unspecified atom stereocenters. The lowest BCUT2D eigenvalue weighted by molar-refractivity contribution is 0.142. The summed E-state index contributed by atoms with van der Waals surface area (Å²) in [6, 6.07) is 5.90. The highest BCUT2D eigenvalue weighted by Gasteiger charge is 2.32. The van der Waals surface area contributed by atoms with Gasteiger partial charge in [-0.3, -0.25) is 4.90 Å². The van der Waals surface area contributed by atoms with Crippen LogP contribution in [0.15, 0.2) is 18.2 Å². The molecule has 2 heterocycles. The molecular formula is C14H18Cl2N2. The van der Waals surface area contributed by atoms with E-state index in [-0.39, 0.29) is 0 Å². The number of rotatable bonds is 2. The number of benzene rings is 1. The minimum absolute atomic E-state index is 0.659. The van der Waals surface area contributed by atoms with Crippen LogP contribution in [0.2, 0.25) is 10.0 Å². The van der Waals surface area contributed by atoms with E-state index in [4.69, 9.17) is 23.2 Å². The maximum Gasteiger partial charge on any atom is 0.0637 e. The number of hydrogen-bond donors (Lipinski definition) is 1. The van der Waals surface area contributed by atoms with Crippen LogP contribution in [0.4, 0.5) is 0 Å². The highest BCUT2D eigenvalue weighted by Crippen LogP contribution is 2.30. The highest BCUT2D eigenvalue weighted by atomic mass is 35.5. The first-order valence-corrected chi connectivity index (χ1v) is 7.35. The van der Waals surface area contributed by atoms with Gasteiger partial charge in [0, 0.05) is 13.1 Å². The quantitative estimate of drug-likeness (QED) is 0.898. The average molecular weight is 285 g/mol. The van der Waals surface area contributed by atoms with Gasteiger partial charge in [0.2, 0.25) is 0 Å². The summed E-state index contributed by atoms with van der Waals surface area (Å²) in [6.45, 7) is 5.65. The van der Waals surface area contributed by atoms with Crippen molar-refractivity contribution in [2.45, 2.75) is 13.0 Å². The average Bonchev–Trinajstić information content (AvgIpc) is 2.82. The third-order valence-electron chi connectivity index (χ3n) is 4.21. The van der Waals surface area contributed by atoms with Crippen LogP contribution < -0.4 is 5.32 Å². The predicted octanol–water partition coefficient (Wildman–Crippen LogP) is 3.03. The third kappa shape index (κ3) is 2.53. The third-order valence-corrected chi connectivity index (χ3v) is 5.07. The molecule has 1 aromatic carbocycles. The molecule has 2 aliphatic heterocycles. The fourth-order valence-corrected chi connectivity index (χ4v) is 3.55. The summed E-state index contributed by atoms with van der Waals surface area (Å²) in [7, 11) is 0. The van der Waals surface area contributed by atoms with E-state index in [1.54, 1.807) is 0 Å². The Balaban J connectivity index is 1.68. The molecule has 4 heteroatoms. The topological polar surface area (TPSA) is 15.3 Å². The van der Waals surface area contributed by atoms with Gasteiger partial charge in [-0.25, -0.2) is 0 Å². The van der Waals surface area contributed by atoms with Gasteiger partial charge in [0.05, 0.1) is 10.0 Å². The minimum Gasteiger partial charge on any atom is -0.316 e. The fourth-order valence-electron chi connectivity index (χ4n) is 3.17. The molecule has 98 valence electrons. The van der Waals surface area contributed by atoms with Crippen molar-refractivity contribution in [1.82, 2.24) is 10.2 Å². The monoisotopic (exact) mass is 284 g/mol. The van der Waals surface area contributed by atoms with Crippen molar-refractivity contribution in [2.75, 3.05) is 26.2 Å². The summed E-state index contributed by atoms with van der Waals surface area (Å²) in [6.07, 6.45) is 1.30. The lowest BCUT2D eigenvalue weighted by Crippen LogP contribution is -2.39. The van der Waals surface area contributed by atoms with Crippen molar-refractivity contribution in [2.24, 2.45) is 11.8 Å². The smallest absolute Gasteiger partial charge is 0.0637 e. The number of nitrogens with zero attached hydrogens (tertiary/aromatic N) is 1. The Labute approximate surface area is 118 Å². The summed E-state index contributed by atoms with van der Waals surface area (Å²) >= 11 is 12.3. The van der Waals surface area contributed by atoms with Crippen molar-refractivity contribution in [3.63, 3.8) is 0 Å². The standard InChI is InChI=1S/C14H18Cl2N2/c15-13-3-1-2-11(14(13)16)8-18-5-4-10-6-17-7-12(10)9-18/h1-3,10,12,17H,4-9H2. The van der Waals surface area contributed by atoms with Gasteiger partial charge in [0.1, 0.15) is 0 Å². The van der Waals surface area contributed by atoms with Gasteiger partial charge in [0.15, 0.2) is 0 Å². The van der Waals surface area contributed by atoms with E-state index < -0.39 is 0 Å². The van der Waals surface area contributed by atoms with Crippen LogP contribution >= 0.6 is 23.2 Å². The number of likely N-dealkylation sites (tertiary alicyclic amines) is 1. The van der Waals surface area contributed by atoms with Crippen molar-refractivity contribution < 1.29 is 0 Å². The maximum atomic E-state index is 6.25. The Hall–Kier alpha value is -0.280. The minimum atomic E-state index is 0.659. The number of halogens is 2. The Kier molecular flexibility index (Phi) is 3.81. The zero-order valence-corrected chi connectivity index (χ0v) is 11.8. The molecule has 1 aromatic rings. The van der Waals surface area contributed by atoms with Crippen LogP contribution in [0.25, 0.3) is 0 Å². The molecule has 2 saturated heterocycles. The van der Waals surface area contributed by atoms with Gasteiger partial charge in [-0.15, -0.1) is 0 Å². The maximum absolute atomic E-state index is 6.25. The van der Waals surface area contributed by atoms with Gasteiger partial charge in [-0.2, -0.15) is 0 Å². The molecule has 0 bridgehead atoms. The lowest BCUT2D eigenvalue weighted by Gasteiger charge is -2.34. The predicted molar refractivity (Wildman–Crippen MR) is 76.2 cm³/mol. The van der Waals surface area contributed by atoms with E-state index in [1.165, 1.54) is 32.6 Å². The van der Waals surface area contributed by atoms with E-state index in [2.05, 4.69) is 16.3 Å². The molecule has 0 amide bonds. The van der Waals surface area contributed by atoms with Gasteiger partial charge < -0.3 is 5.32 Å². The van der Waals surface area contributed by atoms with E-state index in [1.807, 2.05) is 12.1 Å². The SMILES string of the molecule is Clc1cccc(CN2CCC3CNCC3C2)c1Cl. The summed E-state index contributed by atoms with van der Waals surface area (Å²) in [5, 5.41) is 4.87. The molecule has 0 radical (unpaired) electrons. The van der Waals surface area contributed by atoms with Gasteiger partial charge >= 0.3 is 0 Å². The molecule has 0 aliphatic carbocycles. The fraction of sp³-hybridized carbons (Fsp3) is 0.571. The molecule has 2 atom stereocenters. The highest BCUT2D eigenvalue weighted by molar-refractivity contribution is 6.42. The van der Waals surface area contributed by atoms with Crippen LogP contribution in [0.3, 0.4) is 0 Å². The first-order chi connectivity index (χ1) is 8.74. The van der Waals surface area contributed by atoms with Crippen molar-refractivity contribution >= 4 is 23.2 Å². The number of hydrogen-bond acceptors (Lipinski definition) is 2. The normalized spacial score (nSPS) is 28.3.